The summed E-state index contributed by atoms with van der Waals surface area (Å²) in [5.74, 6) is 0.350. The third-order valence-corrected chi connectivity index (χ3v) is 5.41. The molecule has 0 radical (unpaired) electrons. The first-order valence-electron chi connectivity index (χ1n) is 9.80. The maximum Gasteiger partial charge on any atom is 0.311 e. The Bertz CT molecular complexity index is 956. The van der Waals surface area contributed by atoms with Gasteiger partial charge >= 0.3 is 5.69 Å². The summed E-state index contributed by atoms with van der Waals surface area (Å²) >= 11 is 0. The second-order valence-electron chi connectivity index (χ2n) is 7.45. The zero-order valence-electron chi connectivity index (χ0n) is 16.4. The van der Waals surface area contributed by atoms with E-state index in [-0.39, 0.29) is 17.3 Å². The van der Waals surface area contributed by atoms with E-state index in [1.54, 1.807) is 25.4 Å². The van der Waals surface area contributed by atoms with Gasteiger partial charge in [-0.3, -0.25) is 14.9 Å². The van der Waals surface area contributed by atoms with Gasteiger partial charge in [0.15, 0.2) is 0 Å². The van der Waals surface area contributed by atoms with Crippen molar-refractivity contribution in [3.05, 3.63) is 50.6 Å². The van der Waals surface area contributed by atoms with Crippen LogP contribution in [0.2, 0.25) is 0 Å². The summed E-state index contributed by atoms with van der Waals surface area (Å²) in [5, 5.41) is 15.9. The Hall–Kier alpha value is -3.01. The van der Waals surface area contributed by atoms with E-state index in [2.05, 4.69) is 15.0 Å². The van der Waals surface area contributed by atoms with Crippen molar-refractivity contribution in [1.29, 1.82) is 0 Å². The minimum Gasteiger partial charge on any atom is -0.378 e. The molecule has 1 atom stereocenters. The molecule has 0 aliphatic carbocycles. The minimum atomic E-state index is -0.402. The largest absolute Gasteiger partial charge is 0.378 e. The quantitative estimate of drug-likeness (QED) is 0.562. The van der Waals surface area contributed by atoms with Crippen LogP contribution in [0.3, 0.4) is 0 Å². The SMILES string of the molecule is Cc1cnc(N2CCC[C@@H](n3ncc(N4CCOCC4)cc3=O)C2)c([N+](=O)[O-])c1. The number of rotatable bonds is 4. The van der Waals surface area contributed by atoms with E-state index in [4.69, 9.17) is 4.74 Å². The number of pyridine rings is 1. The molecule has 10 heteroatoms. The Morgan fingerprint density at radius 3 is 2.69 bits per heavy atom. The number of anilines is 2. The number of ether oxygens (including phenoxy) is 1. The summed E-state index contributed by atoms with van der Waals surface area (Å²) in [5.41, 5.74) is 1.38. The molecular formula is C19H24N6O4. The average Bonchev–Trinajstić information content (AvgIpc) is 2.74. The summed E-state index contributed by atoms with van der Waals surface area (Å²) in [6, 6.07) is 3.00. The maximum atomic E-state index is 12.7. The van der Waals surface area contributed by atoms with E-state index in [1.165, 1.54) is 10.7 Å². The number of hydrogen-bond donors (Lipinski definition) is 0. The third-order valence-electron chi connectivity index (χ3n) is 5.41. The highest BCUT2D eigenvalue weighted by Gasteiger charge is 2.29. The van der Waals surface area contributed by atoms with E-state index >= 15 is 0 Å². The number of aryl methyl sites for hydroxylation is 1. The minimum absolute atomic E-state index is 0.00591. The van der Waals surface area contributed by atoms with Gasteiger partial charge in [-0.15, -0.1) is 0 Å². The smallest absolute Gasteiger partial charge is 0.311 e. The zero-order valence-corrected chi connectivity index (χ0v) is 16.4. The number of nitro groups is 1. The molecule has 0 aromatic carbocycles. The average molecular weight is 400 g/mol. The van der Waals surface area contributed by atoms with Gasteiger partial charge in [0, 0.05) is 44.5 Å². The highest BCUT2D eigenvalue weighted by atomic mass is 16.6. The van der Waals surface area contributed by atoms with Gasteiger partial charge in [-0.25, -0.2) is 9.67 Å². The highest BCUT2D eigenvalue weighted by molar-refractivity contribution is 5.58. The molecule has 154 valence electrons. The van der Waals surface area contributed by atoms with Crippen molar-refractivity contribution in [2.45, 2.75) is 25.8 Å². The monoisotopic (exact) mass is 400 g/mol. The summed E-state index contributed by atoms with van der Waals surface area (Å²) < 4.78 is 6.85. The van der Waals surface area contributed by atoms with Crippen LogP contribution in [-0.2, 0) is 4.74 Å². The molecule has 2 fully saturated rings. The molecule has 0 spiro atoms. The first-order valence-corrected chi connectivity index (χ1v) is 9.80. The van der Waals surface area contributed by atoms with Gasteiger partial charge in [-0.1, -0.05) is 0 Å². The summed E-state index contributed by atoms with van der Waals surface area (Å²) in [6.45, 7) is 5.67. The molecule has 2 aliphatic rings. The predicted molar refractivity (Wildman–Crippen MR) is 108 cm³/mol. The van der Waals surface area contributed by atoms with Crippen molar-refractivity contribution < 1.29 is 9.66 Å². The van der Waals surface area contributed by atoms with Crippen LogP contribution < -0.4 is 15.4 Å². The fourth-order valence-electron chi connectivity index (χ4n) is 3.95. The van der Waals surface area contributed by atoms with Crippen LogP contribution in [0.25, 0.3) is 0 Å². The van der Waals surface area contributed by atoms with E-state index in [9.17, 15) is 14.9 Å². The van der Waals surface area contributed by atoms with Crippen LogP contribution in [0.15, 0.2) is 29.3 Å². The maximum absolute atomic E-state index is 12.7. The lowest BCUT2D eigenvalue weighted by atomic mass is 10.1. The molecule has 0 bridgehead atoms. The zero-order chi connectivity index (χ0) is 20.4. The molecule has 0 unspecified atom stereocenters. The molecule has 4 rings (SSSR count). The van der Waals surface area contributed by atoms with E-state index < -0.39 is 4.92 Å². The van der Waals surface area contributed by atoms with Gasteiger partial charge in [0.25, 0.3) is 5.56 Å². The molecule has 2 saturated heterocycles. The molecule has 0 amide bonds. The van der Waals surface area contributed by atoms with Crippen molar-refractivity contribution in [3.8, 4) is 0 Å². The fourth-order valence-corrected chi connectivity index (χ4v) is 3.95. The van der Waals surface area contributed by atoms with Gasteiger partial charge in [0.1, 0.15) is 0 Å². The van der Waals surface area contributed by atoms with Crippen molar-refractivity contribution >= 4 is 17.2 Å². The number of hydrogen-bond acceptors (Lipinski definition) is 8. The van der Waals surface area contributed by atoms with Gasteiger partial charge < -0.3 is 14.5 Å². The fraction of sp³-hybridized carbons (Fsp3) is 0.526. The van der Waals surface area contributed by atoms with Crippen LogP contribution in [0.1, 0.15) is 24.4 Å². The Morgan fingerprint density at radius 2 is 1.97 bits per heavy atom. The van der Waals surface area contributed by atoms with E-state index in [1.807, 2.05) is 4.90 Å². The van der Waals surface area contributed by atoms with Crippen LogP contribution in [0.4, 0.5) is 17.2 Å². The van der Waals surface area contributed by atoms with Crippen molar-refractivity contribution in [3.63, 3.8) is 0 Å². The number of aromatic nitrogens is 3. The lowest BCUT2D eigenvalue weighted by Crippen LogP contribution is -2.42. The van der Waals surface area contributed by atoms with Crippen molar-refractivity contribution in [2.24, 2.45) is 0 Å². The molecule has 2 aromatic rings. The number of nitrogens with zero attached hydrogens (tertiary/aromatic N) is 6. The van der Waals surface area contributed by atoms with Crippen LogP contribution in [-0.4, -0.2) is 59.1 Å². The van der Waals surface area contributed by atoms with Crippen molar-refractivity contribution in [1.82, 2.24) is 14.8 Å². The molecular weight excluding hydrogens is 376 g/mol. The molecule has 29 heavy (non-hydrogen) atoms. The molecule has 0 saturated carbocycles. The first-order chi connectivity index (χ1) is 14.0. The number of morpholine rings is 1. The summed E-state index contributed by atoms with van der Waals surface area (Å²) in [7, 11) is 0. The molecule has 0 N–H and O–H groups in total. The normalized spacial score (nSPS) is 20.0. The lowest BCUT2D eigenvalue weighted by molar-refractivity contribution is -0.384. The van der Waals surface area contributed by atoms with E-state index in [0.29, 0.717) is 32.1 Å². The van der Waals surface area contributed by atoms with Gasteiger partial charge in [0.2, 0.25) is 5.82 Å². The Labute approximate surface area is 167 Å². The highest BCUT2D eigenvalue weighted by Crippen LogP contribution is 2.31. The van der Waals surface area contributed by atoms with Crippen molar-refractivity contribution in [2.75, 3.05) is 49.2 Å². The lowest BCUT2D eigenvalue weighted by Gasteiger charge is -2.34. The van der Waals surface area contributed by atoms with Crippen LogP contribution in [0, 0.1) is 17.0 Å². The Morgan fingerprint density at radius 1 is 1.17 bits per heavy atom. The Kier molecular flexibility index (Phi) is 5.43. The summed E-state index contributed by atoms with van der Waals surface area (Å²) in [6.07, 6.45) is 4.95. The van der Waals surface area contributed by atoms with Crippen LogP contribution in [0.5, 0.6) is 0 Å². The molecule has 4 heterocycles. The topological polar surface area (TPSA) is 107 Å². The van der Waals surface area contributed by atoms with Gasteiger partial charge in [0.05, 0.1) is 36.1 Å². The standard InChI is InChI=1S/C19H24N6O4/c1-14-9-17(25(27)28)19(20-11-14)23-4-2-3-15(13-23)24-18(26)10-16(12-21-24)22-5-7-29-8-6-22/h9-12,15H,2-8,13H2,1H3/t15-/m1/s1. The second kappa shape index (κ2) is 8.16. The van der Waals surface area contributed by atoms with Gasteiger partial charge in [-0.05, 0) is 25.3 Å². The third kappa shape index (κ3) is 4.07. The van der Waals surface area contributed by atoms with Crippen LogP contribution >= 0.6 is 0 Å². The molecule has 2 aromatic heterocycles. The Balaban J connectivity index is 1.56. The van der Waals surface area contributed by atoms with Gasteiger partial charge in [-0.2, -0.15) is 5.10 Å². The van der Waals surface area contributed by atoms with E-state index in [0.717, 1.165) is 37.2 Å². The predicted octanol–water partition coefficient (Wildman–Crippen LogP) is 1.53. The second-order valence-corrected chi connectivity index (χ2v) is 7.45. The first kappa shape index (κ1) is 19.3. The number of piperidine rings is 1. The molecule has 2 aliphatic heterocycles. The molecule has 10 nitrogen and oxygen atoms in total. The summed E-state index contributed by atoms with van der Waals surface area (Å²) in [4.78, 5) is 32.1.